The van der Waals surface area contributed by atoms with Gasteiger partial charge in [0.05, 0.1) is 18.3 Å². The molecule has 1 aromatic carbocycles. The minimum atomic E-state index is -1.67. The summed E-state index contributed by atoms with van der Waals surface area (Å²) in [4.78, 5) is 27.0. The number of nitriles is 1. The Morgan fingerprint density at radius 3 is 2.79 bits per heavy atom. The number of alkyl carbamates (subject to hydrolysis) is 1. The summed E-state index contributed by atoms with van der Waals surface area (Å²) in [6.45, 7) is 6.17. The van der Waals surface area contributed by atoms with E-state index in [9.17, 15) is 24.9 Å². The zero-order valence-electron chi connectivity index (χ0n) is 19.7. The van der Waals surface area contributed by atoms with Gasteiger partial charge in [-0.2, -0.15) is 5.26 Å². The van der Waals surface area contributed by atoms with Gasteiger partial charge in [0.1, 0.15) is 24.0 Å². The minimum absolute atomic E-state index is 0.0426. The van der Waals surface area contributed by atoms with Crippen LogP contribution < -0.4 is 5.32 Å². The summed E-state index contributed by atoms with van der Waals surface area (Å²) in [5, 5.41) is 32.7. The van der Waals surface area contributed by atoms with Crippen LogP contribution in [0.2, 0.25) is 6.32 Å². The molecule has 3 rings (SSSR count). The van der Waals surface area contributed by atoms with Crippen molar-refractivity contribution in [1.29, 1.82) is 5.26 Å². The molecule has 1 aliphatic heterocycles. The maximum Gasteiger partial charge on any atom is 0.454 e. The van der Waals surface area contributed by atoms with E-state index in [1.807, 2.05) is 51.1 Å². The van der Waals surface area contributed by atoms with Gasteiger partial charge in [0.15, 0.2) is 0 Å². The number of carbonyl (C=O) groups excluding carboxylic acids is 2. The summed E-state index contributed by atoms with van der Waals surface area (Å²) >= 11 is 0. The van der Waals surface area contributed by atoms with Crippen molar-refractivity contribution in [2.75, 3.05) is 13.2 Å². The van der Waals surface area contributed by atoms with E-state index in [0.717, 1.165) is 17.2 Å². The van der Waals surface area contributed by atoms with Crippen molar-refractivity contribution in [3.05, 3.63) is 47.9 Å². The number of ether oxygens (including phenoxy) is 1. The molecule has 1 aromatic heterocycles. The number of hydrogen-bond donors (Lipinski definition) is 3. The molecule has 2 heterocycles. The van der Waals surface area contributed by atoms with Gasteiger partial charge in [-0.05, 0) is 18.3 Å². The van der Waals surface area contributed by atoms with Crippen molar-refractivity contribution in [2.24, 2.45) is 5.41 Å². The Morgan fingerprint density at radius 2 is 2.12 bits per heavy atom. The van der Waals surface area contributed by atoms with E-state index < -0.39 is 19.3 Å². The second kappa shape index (κ2) is 10.8. The van der Waals surface area contributed by atoms with E-state index in [-0.39, 0.29) is 35.9 Å². The average molecular weight is 467 g/mol. The Bertz CT molecular complexity index is 1100. The molecule has 0 saturated carbocycles. The van der Waals surface area contributed by atoms with Crippen molar-refractivity contribution in [3.8, 4) is 6.07 Å². The zero-order valence-corrected chi connectivity index (χ0v) is 19.7. The lowest BCUT2D eigenvalue weighted by Gasteiger charge is -2.25. The Hall–Kier alpha value is -3.29. The van der Waals surface area contributed by atoms with Crippen LogP contribution in [-0.2, 0) is 9.53 Å². The van der Waals surface area contributed by atoms with E-state index in [2.05, 4.69) is 5.32 Å². The summed E-state index contributed by atoms with van der Waals surface area (Å²) in [6.07, 6.45) is 3.62. The summed E-state index contributed by atoms with van der Waals surface area (Å²) in [5.41, 5.74) is -0.250. The first-order valence-electron chi connectivity index (χ1n) is 11.3. The molecule has 1 saturated heterocycles. The monoisotopic (exact) mass is 467 g/mol. The number of carbonyl (C=O) groups is 2. The molecule has 3 N–H and O–H groups in total. The third kappa shape index (κ3) is 6.40. The molecular weight excluding hydrogens is 437 g/mol. The highest BCUT2D eigenvalue weighted by Gasteiger charge is 2.33. The highest BCUT2D eigenvalue weighted by atomic mass is 16.5. The fourth-order valence-electron chi connectivity index (χ4n) is 4.09. The average Bonchev–Trinajstić information content (AvgIpc) is 3.41. The number of rotatable bonds is 7. The minimum Gasteiger partial charge on any atom is -0.466 e. The maximum absolute atomic E-state index is 12.9. The Kier molecular flexibility index (Phi) is 8.02. The first kappa shape index (κ1) is 25.3. The normalized spacial score (nSPS) is 17.4. The van der Waals surface area contributed by atoms with Gasteiger partial charge in [-0.3, -0.25) is 4.79 Å². The topological polar surface area (TPSA) is 136 Å². The van der Waals surface area contributed by atoms with Crippen LogP contribution in [-0.4, -0.2) is 53.3 Å². The molecular formula is C24H30BN3O6. The van der Waals surface area contributed by atoms with Gasteiger partial charge >= 0.3 is 13.2 Å². The van der Waals surface area contributed by atoms with Gasteiger partial charge in [0.25, 0.3) is 5.91 Å². The number of furan rings is 1. The fourth-order valence-corrected chi connectivity index (χ4v) is 4.09. The van der Waals surface area contributed by atoms with Crippen LogP contribution in [0.3, 0.4) is 0 Å². The first-order chi connectivity index (χ1) is 16.1. The molecule has 1 unspecified atom stereocenters. The maximum atomic E-state index is 12.9. The van der Waals surface area contributed by atoms with E-state index in [1.165, 1.54) is 6.26 Å². The second-order valence-electron chi connectivity index (χ2n) is 9.53. The molecule has 0 radical (unpaired) electrons. The Morgan fingerprint density at radius 1 is 1.38 bits per heavy atom. The van der Waals surface area contributed by atoms with E-state index >= 15 is 0 Å². The number of nitrogens with zero attached hydrogens (tertiary/aromatic N) is 2. The lowest BCUT2D eigenvalue weighted by Crippen LogP contribution is -2.41. The van der Waals surface area contributed by atoms with Crippen LogP contribution in [0.1, 0.15) is 45.4 Å². The van der Waals surface area contributed by atoms with Crippen molar-refractivity contribution in [3.63, 3.8) is 0 Å². The molecule has 34 heavy (non-hydrogen) atoms. The number of hydrogen-bond acceptors (Lipinski definition) is 7. The van der Waals surface area contributed by atoms with Crippen LogP contribution >= 0.6 is 0 Å². The molecule has 1 fully saturated rings. The second-order valence-corrected chi connectivity index (χ2v) is 9.53. The number of nitrogens with one attached hydrogen (secondary N) is 1. The molecule has 9 nitrogen and oxygen atoms in total. The molecule has 2 atom stereocenters. The Labute approximate surface area is 199 Å². The van der Waals surface area contributed by atoms with E-state index in [4.69, 9.17) is 9.15 Å². The smallest absolute Gasteiger partial charge is 0.454 e. The van der Waals surface area contributed by atoms with Crippen LogP contribution in [0.5, 0.6) is 0 Å². The van der Waals surface area contributed by atoms with Crippen molar-refractivity contribution >= 4 is 29.9 Å². The van der Waals surface area contributed by atoms with Gasteiger partial charge in [0, 0.05) is 23.6 Å². The van der Waals surface area contributed by atoms with Crippen molar-refractivity contribution in [1.82, 2.24) is 10.2 Å². The quantitative estimate of drug-likeness (QED) is 0.323. The molecule has 10 heteroatoms. The third-order valence-corrected chi connectivity index (χ3v) is 5.57. The number of allylic oxidation sites excluding steroid dienone is 1. The van der Waals surface area contributed by atoms with Gasteiger partial charge < -0.3 is 29.4 Å². The molecule has 2 aromatic rings. The lowest BCUT2D eigenvalue weighted by molar-refractivity contribution is -0.128. The van der Waals surface area contributed by atoms with Gasteiger partial charge in [-0.15, -0.1) is 0 Å². The summed E-state index contributed by atoms with van der Waals surface area (Å²) in [6, 6.07) is 8.15. The van der Waals surface area contributed by atoms with Crippen LogP contribution in [0.15, 0.2) is 46.6 Å². The van der Waals surface area contributed by atoms with Crippen LogP contribution in [0.4, 0.5) is 4.79 Å². The van der Waals surface area contributed by atoms with Gasteiger partial charge in [-0.25, -0.2) is 4.79 Å². The van der Waals surface area contributed by atoms with Gasteiger partial charge in [0.2, 0.25) is 0 Å². The zero-order chi connectivity index (χ0) is 24.9. The summed E-state index contributed by atoms with van der Waals surface area (Å²) in [7, 11) is -1.67. The van der Waals surface area contributed by atoms with Crippen molar-refractivity contribution in [2.45, 2.75) is 52.0 Å². The SMILES string of the molecule is CC(C)(C)C=C(C#N)C(=O)N1CCC[C@@H]1COC(=O)NC(CB(O)O)c1occ2ccccc12. The fraction of sp³-hybridized carbons (Fsp3) is 0.458. The number of amides is 2. The van der Waals surface area contributed by atoms with Crippen molar-refractivity contribution < 1.29 is 28.8 Å². The lowest BCUT2D eigenvalue weighted by atomic mass is 9.80. The first-order valence-corrected chi connectivity index (χ1v) is 11.3. The largest absolute Gasteiger partial charge is 0.466 e. The number of fused-ring (bicyclic) bond motifs is 1. The third-order valence-electron chi connectivity index (χ3n) is 5.57. The molecule has 180 valence electrons. The standard InChI is InChI=1S/C24H30BN3O6/c1-24(2,3)11-17(13-26)22(29)28-10-6-8-18(28)15-34-23(30)27-20(12-25(31)32)21-19-9-5-4-7-16(19)14-33-21/h4-5,7,9,11,14,18,20,31-32H,6,8,10,12,15H2,1-3H3,(H,27,30)/t18-,20?/m1/s1. The Balaban J connectivity index is 1.66. The van der Waals surface area contributed by atoms with Crippen LogP contribution in [0.25, 0.3) is 10.8 Å². The summed E-state index contributed by atoms with van der Waals surface area (Å²) < 4.78 is 11.0. The highest BCUT2D eigenvalue weighted by Crippen LogP contribution is 2.29. The highest BCUT2D eigenvalue weighted by molar-refractivity contribution is 6.41. The summed E-state index contributed by atoms with van der Waals surface area (Å²) in [5.74, 6) is 0.0246. The molecule has 0 bridgehead atoms. The van der Waals surface area contributed by atoms with Crippen LogP contribution in [0, 0.1) is 16.7 Å². The number of likely N-dealkylation sites (tertiary alicyclic amines) is 1. The number of benzene rings is 1. The predicted molar refractivity (Wildman–Crippen MR) is 126 cm³/mol. The predicted octanol–water partition coefficient (Wildman–Crippen LogP) is 3.16. The van der Waals surface area contributed by atoms with Gasteiger partial charge in [-0.1, -0.05) is 51.1 Å². The van der Waals surface area contributed by atoms with E-state index in [1.54, 1.807) is 11.0 Å². The molecule has 1 aliphatic rings. The molecule has 0 spiro atoms. The van der Waals surface area contributed by atoms with E-state index in [0.29, 0.717) is 18.7 Å². The molecule has 0 aliphatic carbocycles. The molecule has 2 amide bonds.